The van der Waals surface area contributed by atoms with Crippen LogP contribution in [0.15, 0.2) is 12.4 Å². The maximum Gasteiger partial charge on any atom is 0.240 e. The van der Waals surface area contributed by atoms with Gasteiger partial charge < -0.3 is 20.3 Å². The topological polar surface area (TPSA) is 81.2 Å². The third-order valence-electron chi connectivity index (χ3n) is 3.37. The number of aromatic amines is 1. The monoisotopic (exact) mass is 340 g/mol. The summed E-state index contributed by atoms with van der Waals surface area (Å²) in [6.07, 6.45) is 4.30. The van der Waals surface area contributed by atoms with Crippen molar-refractivity contribution in [2.75, 3.05) is 20.2 Å². The van der Waals surface area contributed by atoms with Crippen LogP contribution in [0.5, 0.6) is 0 Å². The molecule has 21 heavy (non-hydrogen) atoms. The maximum absolute atomic E-state index is 12.5. The quantitative estimate of drug-likeness (QED) is 0.664. The third-order valence-corrected chi connectivity index (χ3v) is 3.37. The molecule has 1 aromatic rings. The van der Waals surface area contributed by atoms with Gasteiger partial charge in [-0.05, 0) is 13.0 Å². The van der Waals surface area contributed by atoms with Gasteiger partial charge in [-0.1, -0.05) is 20.3 Å². The lowest BCUT2D eigenvalue weighted by molar-refractivity contribution is -0.135. The van der Waals surface area contributed by atoms with E-state index in [9.17, 15) is 4.79 Å². The standard InChI is InChI=1S/C13H24N4O2.2ClH/c1-4-10(2)12(14-3)13(19)17(7-8-18)9-11-15-5-6-16-11;;/h5-6,10,12,14,18H,4,7-9H2,1-3H3,(H,15,16);2*1H/t10-,12-;;/m0../s1. The molecule has 2 atom stereocenters. The molecule has 0 spiro atoms. The summed E-state index contributed by atoms with van der Waals surface area (Å²) in [6, 6.07) is -0.230. The van der Waals surface area contributed by atoms with E-state index in [0.717, 1.165) is 12.2 Å². The Morgan fingerprint density at radius 3 is 2.62 bits per heavy atom. The molecular formula is C13H26Cl2N4O2. The molecule has 0 radical (unpaired) electrons. The Balaban J connectivity index is 0. The van der Waals surface area contributed by atoms with Gasteiger partial charge in [0.2, 0.25) is 5.91 Å². The number of hydrogen-bond acceptors (Lipinski definition) is 4. The van der Waals surface area contributed by atoms with Gasteiger partial charge in [-0.2, -0.15) is 0 Å². The summed E-state index contributed by atoms with van der Waals surface area (Å²) in [5.74, 6) is 0.971. The molecule has 0 saturated carbocycles. The number of aliphatic hydroxyl groups excluding tert-OH is 1. The molecule has 0 saturated heterocycles. The van der Waals surface area contributed by atoms with Crippen molar-refractivity contribution in [2.45, 2.75) is 32.9 Å². The van der Waals surface area contributed by atoms with E-state index in [4.69, 9.17) is 5.11 Å². The Hall–Kier alpha value is -0.820. The summed E-state index contributed by atoms with van der Waals surface area (Å²) in [4.78, 5) is 21.2. The van der Waals surface area contributed by atoms with Gasteiger partial charge in [-0.15, -0.1) is 24.8 Å². The Bertz CT molecular complexity index is 376. The fraction of sp³-hybridized carbons (Fsp3) is 0.692. The van der Waals surface area contributed by atoms with Gasteiger partial charge in [0.1, 0.15) is 5.82 Å². The zero-order valence-electron chi connectivity index (χ0n) is 12.7. The number of imidazole rings is 1. The molecule has 0 fully saturated rings. The molecule has 0 aliphatic carbocycles. The van der Waals surface area contributed by atoms with Crippen LogP contribution >= 0.6 is 24.8 Å². The molecule has 0 aliphatic rings. The van der Waals surface area contributed by atoms with E-state index < -0.39 is 0 Å². The molecule has 6 nitrogen and oxygen atoms in total. The van der Waals surface area contributed by atoms with Gasteiger partial charge in [0.15, 0.2) is 0 Å². The minimum absolute atomic E-state index is 0. The number of carbonyl (C=O) groups excluding carboxylic acids is 1. The van der Waals surface area contributed by atoms with Gasteiger partial charge in [0, 0.05) is 18.9 Å². The number of halogens is 2. The predicted molar refractivity (Wildman–Crippen MR) is 87.9 cm³/mol. The van der Waals surface area contributed by atoms with Crippen LogP contribution in [0.25, 0.3) is 0 Å². The van der Waals surface area contributed by atoms with Crippen LogP contribution in [0.3, 0.4) is 0 Å². The highest BCUT2D eigenvalue weighted by Gasteiger charge is 2.27. The minimum Gasteiger partial charge on any atom is -0.395 e. The molecule has 3 N–H and O–H groups in total. The van der Waals surface area contributed by atoms with Gasteiger partial charge in [0.05, 0.1) is 19.2 Å². The number of carbonyl (C=O) groups is 1. The maximum atomic E-state index is 12.5. The summed E-state index contributed by atoms with van der Waals surface area (Å²) >= 11 is 0. The number of likely N-dealkylation sites (N-methyl/N-ethyl adjacent to an activating group) is 1. The van der Waals surface area contributed by atoms with Gasteiger partial charge in [0.25, 0.3) is 0 Å². The van der Waals surface area contributed by atoms with E-state index in [-0.39, 0.29) is 49.3 Å². The summed E-state index contributed by atoms with van der Waals surface area (Å²) in [5.41, 5.74) is 0. The van der Waals surface area contributed by atoms with Gasteiger partial charge in [-0.25, -0.2) is 4.98 Å². The van der Waals surface area contributed by atoms with Crippen molar-refractivity contribution in [3.8, 4) is 0 Å². The highest BCUT2D eigenvalue weighted by molar-refractivity contribution is 5.85. The Morgan fingerprint density at radius 1 is 1.52 bits per heavy atom. The molecule has 0 unspecified atom stereocenters. The van der Waals surface area contributed by atoms with Crippen molar-refractivity contribution in [3.63, 3.8) is 0 Å². The van der Waals surface area contributed by atoms with Crippen LogP contribution in [0, 0.1) is 5.92 Å². The number of nitrogens with zero attached hydrogens (tertiary/aromatic N) is 2. The number of H-pyrrole nitrogens is 1. The van der Waals surface area contributed by atoms with Gasteiger partial charge in [-0.3, -0.25) is 4.79 Å². The van der Waals surface area contributed by atoms with Crippen LogP contribution in [0.2, 0.25) is 0 Å². The van der Waals surface area contributed by atoms with Crippen LogP contribution in [-0.4, -0.2) is 52.1 Å². The summed E-state index contributed by atoms with van der Waals surface area (Å²) in [6.45, 7) is 4.76. The summed E-state index contributed by atoms with van der Waals surface area (Å²) < 4.78 is 0. The van der Waals surface area contributed by atoms with Crippen molar-refractivity contribution >= 4 is 30.7 Å². The van der Waals surface area contributed by atoms with E-state index >= 15 is 0 Å². The molecule has 0 aromatic carbocycles. The first-order valence-electron chi connectivity index (χ1n) is 6.69. The summed E-state index contributed by atoms with van der Waals surface area (Å²) in [7, 11) is 1.79. The number of amides is 1. The van der Waals surface area contributed by atoms with E-state index in [1.54, 1.807) is 24.3 Å². The number of hydrogen-bond donors (Lipinski definition) is 3. The van der Waals surface area contributed by atoms with Crippen molar-refractivity contribution in [1.82, 2.24) is 20.2 Å². The number of rotatable bonds is 8. The molecule has 1 aromatic heterocycles. The first-order valence-corrected chi connectivity index (χ1v) is 6.69. The summed E-state index contributed by atoms with van der Waals surface area (Å²) in [5, 5.41) is 12.2. The first kappa shape index (κ1) is 22.5. The van der Waals surface area contributed by atoms with E-state index in [1.807, 2.05) is 6.92 Å². The molecule has 1 heterocycles. The fourth-order valence-corrected chi connectivity index (χ4v) is 2.04. The normalized spacial score (nSPS) is 12.8. The minimum atomic E-state index is -0.230. The largest absolute Gasteiger partial charge is 0.395 e. The lowest BCUT2D eigenvalue weighted by Gasteiger charge is -2.29. The van der Waals surface area contributed by atoms with Crippen LogP contribution in [-0.2, 0) is 11.3 Å². The average molecular weight is 341 g/mol. The molecule has 1 amide bonds. The second-order valence-electron chi connectivity index (χ2n) is 4.67. The van der Waals surface area contributed by atoms with Crippen molar-refractivity contribution in [1.29, 1.82) is 0 Å². The SMILES string of the molecule is CC[C@H](C)[C@H](NC)C(=O)N(CCO)Cc1ncc[nH]1.Cl.Cl. The van der Waals surface area contributed by atoms with Crippen LogP contribution in [0.1, 0.15) is 26.1 Å². The molecular weight excluding hydrogens is 315 g/mol. The van der Waals surface area contributed by atoms with Crippen molar-refractivity contribution < 1.29 is 9.90 Å². The lowest BCUT2D eigenvalue weighted by atomic mass is 9.98. The Labute approximate surface area is 138 Å². The van der Waals surface area contributed by atoms with Crippen LogP contribution in [0.4, 0.5) is 0 Å². The highest BCUT2D eigenvalue weighted by atomic mass is 35.5. The lowest BCUT2D eigenvalue weighted by Crippen LogP contribution is -2.49. The van der Waals surface area contributed by atoms with Gasteiger partial charge >= 0.3 is 0 Å². The Kier molecular flexibility index (Phi) is 12.6. The molecule has 8 heteroatoms. The second-order valence-corrected chi connectivity index (χ2v) is 4.67. The molecule has 0 bridgehead atoms. The average Bonchev–Trinajstić information content (AvgIpc) is 2.91. The van der Waals surface area contributed by atoms with Crippen LogP contribution < -0.4 is 5.32 Å². The number of aromatic nitrogens is 2. The zero-order valence-corrected chi connectivity index (χ0v) is 14.3. The van der Waals surface area contributed by atoms with E-state index in [0.29, 0.717) is 13.1 Å². The smallest absolute Gasteiger partial charge is 0.240 e. The second kappa shape index (κ2) is 11.8. The predicted octanol–water partition coefficient (Wildman–Crippen LogP) is 1.21. The molecule has 124 valence electrons. The Morgan fingerprint density at radius 2 is 2.19 bits per heavy atom. The number of nitrogens with one attached hydrogen (secondary N) is 2. The molecule has 1 rings (SSSR count). The highest BCUT2D eigenvalue weighted by Crippen LogP contribution is 2.12. The van der Waals surface area contributed by atoms with E-state index in [2.05, 4.69) is 22.2 Å². The zero-order chi connectivity index (χ0) is 14.3. The first-order chi connectivity index (χ1) is 9.13. The van der Waals surface area contributed by atoms with Crippen molar-refractivity contribution in [2.24, 2.45) is 5.92 Å². The third kappa shape index (κ3) is 6.65. The van der Waals surface area contributed by atoms with E-state index in [1.165, 1.54) is 0 Å². The van der Waals surface area contributed by atoms with Crippen molar-refractivity contribution in [3.05, 3.63) is 18.2 Å². The number of aliphatic hydroxyl groups is 1. The molecule has 0 aliphatic heterocycles. The fourth-order valence-electron chi connectivity index (χ4n) is 2.04.